The molecule has 0 aliphatic rings. The van der Waals surface area contributed by atoms with Crippen molar-refractivity contribution in [3.05, 3.63) is 29.6 Å². The topological polar surface area (TPSA) is 55.1 Å². The number of nitrogens with zero attached hydrogens (tertiary/aromatic N) is 2. The maximum absolute atomic E-state index is 13.6. The minimum absolute atomic E-state index is 0.356. The third-order valence-electron chi connectivity index (χ3n) is 2.69. The van der Waals surface area contributed by atoms with Gasteiger partial charge in [-0.2, -0.15) is 13.2 Å². The van der Waals surface area contributed by atoms with E-state index >= 15 is 0 Å². The molecule has 1 heterocycles. The third kappa shape index (κ3) is 2.56. The van der Waals surface area contributed by atoms with Crippen LogP contribution in [0.15, 0.2) is 12.4 Å². The van der Waals surface area contributed by atoms with Crippen LogP contribution in [0.1, 0.15) is 12.0 Å². The Bertz CT molecular complexity index is 677. The number of rotatable bonds is 2. The number of carboxylic acid groups (broad SMARTS) is 1. The molecule has 0 aliphatic carbocycles. The van der Waals surface area contributed by atoms with Gasteiger partial charge in [-0.25, -0.2) is 23.1 Å². The fraction of sp³-hybridized carbons (Fsp3) is 0.273. The molecule has 0 fully saturated rings. The lowest BCUT2D eigenvalue weighted by molar-refractivity contribution is -0.134. The molecule has 2 rings (SSSR count). The van der Waals surface area contributed by atoms with Gasteiger partial charge in [0.1, 0.15) is 17.7 Å². The number of hydrogen-bond acceptors (Lipinski definition) is 2. The molecule has 0 radical (unpaired) electrons. The molecule has 1 aromatic carbocycles. The number of alkyl halides is 3. The van der Waals surface area contributed by atoms with Crippen LogP contribution in [0.4, 0.5) is 26.7 Å². The minimum atomic E-state index is -4.51. The van der Waals surface area contributed by atoms with Crippen LogP contribution in [0.2, 0.25) is 0 Å². The van der Waals surface area contributed by atoms with Crippen molar-refractivity contribution >= 4 is 17.1 Å². The fourth-order valence-corrected chi connectivity index (χ4v) is 1.83. The van der Waals surface area contributed by atoms with Crippen LogP contribution in [-0.4, -0.2) is 26.9 Å². The van der Waals surface area contributed by atoms with E-state index in [1.165, 1.54) is 0 Å². The zero-order valence-corrected chi connectivity index (χ0v) is 9.71. The summed E-state index contributed by atoms with van der Waals surface area (Å²) < 4.78 is 64.0. The Balaban J connectivity index is 2.57. The van der Waals surface area contributed by atoms with Gasteiger partial charge in [0, 0.05) is 18.1 Å². The molecule has 0 saturated heterocycles. The smallest absolute Gasteiger partial charge is 0.417 e. The largest absolute Gasteiger partial charge is 0.464 e. The highest BCUT2D eigenvalue weighted by Crippen LogP contribution is 2.28. The summed E-state index contributed by atoms with van der Waals surface area (Å²) in [6.07, 6.45) is -7.43. The first-order valence-electron chi connectivity index (χ1n) is 5.34. The van der Waals surface area contributed by atoms with E-state index in [0.717, 1.165) is 0 Å². The van der Waals surface area contributed by atoms with Gasteiger partial charge >= 0.3 is 12.3 Å². The molecule has 0 unspecified atom stereocenters. The van der Waals surface area contributed by atoms with Crippen molar-refractivity contribution in [1.82, 2.24) is 9.55 Å². The van der Waals surface area contributed by atoms with Crippen molar-refractivity contribution in [1.29, 1.82) is 0 Å². The lowest BCUT2D eigenvalue weighted by Crippen LogP contribution is -2.11. The van der Waals surface area contributed by atoms with Crippen molar-refractivity contribution in [2.75, 3.05) is 0 Å². The molecule has 9 heteroatoms. The van der Waals surface area contributed by atoms with Gasteiger partial charge in [0.2, 0.25) is 0 Å². The number of imidazole rings is 1. The highest BCUT2D eigenvalue weighted by atomic mass is 19.4. The van der Waals surface area contributed by atoms with Crippen LogP contribution in [0, 0.1) is 11.6 Å². The van der Waals surface area contributed by atoms with Crippen molar-refractivity contribution in [3.8, 4) is 0 Å². The van der Waals surface area contributed by atoms with E-state index in [1.807, 2.05) is 0 Å². The van der Waals surface area contributed by atoms with E-state index in [9.17, 15) is 26.7 Å². The summed E-state index contributed by atoms with van der Waals surface area (Å²) in [5, 5.41) is 8.80. The molecule has 4 nitrogen and oxygen atoms in total. The average Bonchev–Trinajstić information content (AvgIpc) is 2.72. The quantitative estimate of drug-likeness (QED) is 0.864. The van der Waals surface area contributed by atoms with Gasteiger partial charge in [-0.3, -0.25) is 0 Å². The van der Waals surface area contributed by atoms with Crippen LogP contribution in [-0.2, 0) is 6.42 Å². The normalized spacial score (nSPS) is 12.1. The zero-order valence-electron chi connectivity index (χ0n) is 9.71. The SMILES string of the molecule is O=C(O)n1cnc2c(CCC(F)(F)F)c(F)cc(F)c21. The molecule has 0 atom stereocenters. The fourth-order valence-electron chi connectivity index (χ4n) is 1.83. The molecule has 1 aromatic heterocycles. The van der Waals surface area contributed by atoms with Crippen LogP contribution in [0.3, 0.4) is 0 Å². The Morgan fingerprint density at radius 3 is 2.50 bits per heavy atom. The van der Waals surface area contributed by atoms with E-state index in [2.05, 4.69) is 4.98 Å². The molecule has 2 aromatic rings. The van der Waals surface area contributed by atoms with E-state index < -0.39 is 53.3 Å². The average molecular weight is 294 g/mol. The second-order valence-corrected chi connectivity index (χ2v) is 4.03. The summed E-state index contributed by atoms with van der Waals surface area (Å²) >= 11 is 0. The van der Waals surface area contributed by atoms with E-state index in [0.29, 0.717) is 17.0 Å². The Morgan fingerprint density at radius 2 is 1.95 bits per heavy atom. The zero-order chi connectivity index (χ0) is 15.1. The predicted molar refractivity (Wildman–Crippen MR) is 57.4 cm³/mol. The Kier molecular flexibility index (Phi) is 3.36. The molecule has 0 spiro atoms. The lowest BCUT2D eigenvalue weighted by Gasteiger charge is -2.08. The molecular formula is C11H7F5N2O2. The maximum Gasteiger partial charge on any atom is 0.417 e. The number of aromatic nitrogens is 2. The van der Waals surface area contributed by atoms with Crippen molar-refractivity contribution in [3.63, 3.8) is 0 Å². The second kappa shape index (κ2) is 4.73. The third-order valence-corrected chi connectivity index (χ3v) is 2.69. The summed E-state index contributed by atoms with van der Waals surface area (Å²) in [7, 11) is 0. The van der Waals surface area contributed by atoms with Crippen LogP contribution in [0.25, 0.3) is 11.0 Å². The van der Waals surface area contributed by atoms with E-state index in [1.54, 1.807) is 0 Å². The molecule has 0 saturated carbocycles. The number of fused-ring (bicyclic) bond motifs is 1. The van der Waals surface area contributed by atoms with Gasteiger partial charge in [0.05, 0.1) is 5.52 Å². The summed E-state index contributed by atoms with van der Waals surface area (Å²) in [4.78, 5) is 14.3. The molecule has 1 N–H and O–H groups in total. The van der Waals surface area contributed by atoms with E-state index in [4.69, 9.17) is 5.11 Å². The maximum atomic E-state index is 13.6. The molecule has 0 bridgehead atoms. The Morgan fingerprint density at radius 1 is 1.30 bits per heavy atom. The molecular weight excluding hydrogens is 287 g/mol. The minimum Gasteiger partial charge on any atom is -0.464 e. The molecule has 0 amide bonds. The number of aryl methyl sites for hydroxylation is 1. The molecule has 0 aliphatic heterocycles. The summed E-state index contributed by atoms with van der Waals surface area (Å²) in [6, 6.07) is 0.356. The van der Waals surface area contributed by atoms with Crippen LogP contribution in [0.5, 0.6) is 0 Å². The van der Waals surface area contributed by atoms with Crippen molar-refractivity contribution in [2.24, 2.45) is 0 Å². The molecule has 20 heavy (non-hydrogen) atoms. The van der Waals surface area contributed by atoms with Crippen molar-refractivity contribution < 1.29 is 31.9 Å². The molecule has 108 valence electrons. The first-order chi connectivity index (χ1) is 9.20. The number of halogens is 5. The standard InChI is InChI=1S/C11H7F5N2O2/c12-6-3-7(13)9-8(17-4-18(9)10(19)20)5(6)1-2-11(14,15)16/h3-4H,1-2H2,(H,19,20). The van der Waals surface area contributed by atoms with Gasteiger partial charge in [0.25, 0.3) is 0 Å². The van der Waals surface area contributed by atoms with Crippen LogP contribution >= 0.6 is 0 Å². The first kappa shape index (κ1) is 14.2. The number of hydrogen-bond donors (Lipinski definition) is 1. The first-order valence-corrected chi connectivity index (χ1v) is 5.34. The van der Waals surface area contributed by atoms with Gasteiger partial charge in [-0.15, -0.1) is 0 Å². The van der Waals surface area contributed by atoms with Gasteiger partial charge in [-0.05, 0) is 6.42 Å². The predicted octanol–water partition coefficient (Wildman–Crippen LogP) is 3.34. The number of carbonyl (C=O) groups is 1. The Labute approximate surface area is 108 Å². The summed E-state index contributed by atoms with van der Waals surface area (Å²) in [5.41, 5.74) is -1.44. The number of benzene rings is 1. The summed E-state index contributed by atoms with van der Waals surface area (Å²) in [6.45, 7) is 0. The van der Waals surface area contributed by atoms with Crippen LogP contribution < -0.4 is 0 Å². The monoisotopic (exact) mass is 294 g/mol. The second-order valence-electron chi connectivity index (χ2n) is 4.03. The summed E-state index contributed by atoms with van der Waals surface area (Å²) in [5.74, 6) is -2.39. The lowest BCUT2D eigenvalue weighted by atomic mass is 10.1. The Hall–Kier alpha value is -2.19. The van der Waals surface area contributed by atoms with Crippen molar-refractivity contribution in [2.45, 2.75) is 19.0 Å². The van der Waals surface area contributed by atoms with Gasteiger partial charge in [-0.1, -0.05) is 0 Å². The van der Waals surface area contributed by atoms with Gasteiger partial charge < -0.3 is 5.11 Å². The highest BCUT2D eigenvalue weighted by Gasteiger charge is 2.29. The highest BCUT2D eigenvalue weighted by molar-refractivity contribution is 5.88. The van der Waals surface area contributed by atoms with Gasteiger partial charge in [0.15, 0.2) is 5.82 Å². The van der Waals surface area contributed by atoms with E-state index in [-0.39, 0.29) is 0 Å².